The summed E-state index contributed by atoms with van der Waals surface area (Å²) in [7, 11) is -1.69. The van der Waals surface area contributed by atoms with Gasteiger partial charge in [-0.05, 0) is 35.7 Å². The molecule has 0 bridgehead atoms. The fraction of sp³-hybridized carbons (Fsp3) is 0.316. The maximum atomic E-state index is 11.9. The molecule has 0 spiro atoms. The van der Waals surface area contributed by atoms with E-state index in [9.17, 15) is 13.2 Å². The molecule has 140 valence electrons. The second-order valence-corrected chi connectivity index (χ2v) is 8.24. The van der Waals surface area contributed by atoms with Crippen LogP contribution in [0.15, 0.2) is 48.5 Å². The molecule has 2 aromatic carbocycles. The lowest BCUT2D eigenvalue weighted by atomic mass is 10.1. The van der Waals surface area contributed by atoms with Crippen LogP contribution in [0.3, 0.4) is 0 Å². The number of amides is 1. The SMILES string of the molecule is Cc1ccccc1CNC(=O)COc1ccc(CN(C)S(C)(=O)=O)cc1. The molecule has 1 amide bonds. The van der Waals surface area contributed by atoms with Gasteiger partial charge in [0.15, 0.2) is 6.61 Å². The summed E-state index contributed by atoms with van der Waals surface area (Å²) in [6, 6.07) is 14.9. The third-order valence-electron chi connectivity index (χ3n) is 4.00. The Hall–Kier alpha value is -2.38. The highest BCUT2D eigenvalue weighted by Crippen LogP contribution is 2.14. The molecule has 0 aromatic heterocycles. The van der Waals surface area contributed by atoms with Gasteiger partial charge in [0.05, 0.1) is 6.26 Å². The average Bonchev–Trinajstić information content (AvgIpc) is 2.59. The molecule has 0 atom stereocenters. The van der Waals surface area contributed by atoms with Crippen molar-refractivity contribution in [2.45, 2.75) is 20.0 Å². The number of aryl methyl sites for hydroxylation is 1. The van der Waals surface area contributed by atoms with Crippen molar-refractivity contribution in [2.24, 2.45) is 0 Å². The smallest absolute Gasteiger partial charge is 0.258 e. The van der Waals surface area contributed by atoms with Gasteiger partial charge in [0.1, 0.15) is 5.75 Å². The van der Waals surface area contributed by atoms with E-state index in [4.69, 9.17) is 4.74 Å². The van der Waals surface area contributed by atoms with Crippen LogP contribution in [0.25, 0.3) is 0 Å². The Kier molecular flexibility index (Phi) is 6.76. The first-order valence-electron chi connectivity index (χ1n) is 8.20. The maximum absolute atomic E-state index is 11.9. The van der Waals surface area contributed by atoms with Gasteiger partial charge in [-0.3, -0.25) is 4.79 Å². The minimum atomic E-state index is -3.22. The molecule has 7 heteroatoms. The van der Waals surface area contributed by atoms with E-state index in [1.165, 1.54) is 17.6 Å². The lowest BCUT2D eigenvalue weighted by Gasteiger charge is -2.14. The summed E-state index contributed by atoms with van der Waals surface area (Å²) in [6.07, 6.45) is 1.17. The van der Waals surface area contributed by atoms with Gasteiger partial charge < -0.3 is 10.1 Å². The predicted octanol–water partition coefficient (Wildman–Crippen LogP) is 2.08. The van der Waals surface area contributed by atoms with Crippen molar-refractivity contribution >= 4 is 15.9 Å². The van der Waals surface area contributed by atoms with Crippen LogP contribution in [0.2, 0.25) is 0 Å². The fourth-order valence-electron chi connectivity index (χ4n) is 2.27. The molecule has 0 saturated carbocycles. The maximum Gasteiger partial charge on any atom is 0.258 e. The number of rotatable bonds is 8. The first-order chi connectivity index (χ1) is 12.3. The fourth-order valence-corrected chi connectivity index (χ4v) is 2.65. The standard InChI is InChI=1S/C19H24N2O4S/c1-15-6-4-5-7-17(15)12-20-19(22)14-25-18-10-8-16(9-11-18)13-21(2)26(3,23)24/h4-11H,12-14H2,1-3H3,(H,20,22). The molecule has 2 rings (SSSR count). The summed E-state index contributed by atoms with van der Waals surface area (Å²) >= 11 is 0. The number of nitrogens with zero attached hydrogens (tertiary/aromatic N) is 1. The van der Waals surface area contributed by atoms with Crippen LogP contribution in [-0.4, -0.2) is 38.5 Å². The summed E-state index contributed by atoms with van der Waals surface area (Å²) in [5.74, 6) is 0.357. The number of hydrogen-bond acceptors (Lipinski definition) is 4. The van der Waals surface area contributed by atoms with Crippen molar-refractivity contribution in [3.63, 3.8) is 0 Å². The largest absolute Gasteiger partial charge is 0.484 e. The monoisotopic (exact) mass is 376 g/mol. The van der Waals surface area contributed by atoms with Crippen LogP contribution in [0, 0.1) is 6.92 Å². The predicted molar refractivity (Wildman–Crippen MR) is 101 cm³/mol. The number of ether oxygens (including phenoxy) is 1. The molecule has 0 saturated heterocycles. The molecule has 0 fully saturated rings. The van der Waals surface area contributed by atoms with E-state index in [1.54, 1.807) is 24.3 Å². The Morgan fingerprint density at radius 2 is 1.77 bits per heavy atom. The second-order valence-electron chi connectivity index (χ2n) is 6.15. The van der Waals surface area contributed by atoms with Gasteiger partial charge >= 0.3 is 0 Å². The molecule has 0 unspecified atom stereocenters. The van der Waals surface area contributed by atoms with Crippen molar-refractivity contribution in [1.29, 1.82) is 0 Å². The zero-order valence-electron chi connectivity index (χ0n) is 15.2. The van der Waals surface area contributed by atoms with Crippen LogP contribution in [0.5, 0.6) is 5.75 Å². The van der Waals surface area contributed by atoms with Crippen LogP contribution < -0.4 is 10.1 Å². The van der Waals surface area contributed by atoms with E-state index >= 15 is 0 Å². The summed E-state index contributed by atoms with van der Waals surface area (Å²) in [5, 5.41) is 2.83. The molecule has 0 aliphatic heterocycles. The highest BCUT2D eigenvalue weighted by atomic mass is 32.2. The van der Waals surface area contributed by atoms with Crippen molar-refractivity contribution in [3.8, 4) is 5.75 Å². The van der Waals surface area contributed by atoms with Gasteiger partial charge in [0, 0.05) is 20.1 Å². The Labute approximate surface area is 154 Å². The Morgan fingerprint density at radius 3 is 2.38 bits per heavy atom. The molecule has 0 radical (unpaired) electrons. The van der Waals surface area contributed by atoms with Gasteiger partial charge in [-0.1, -0.05) is 36.4 Å². The third-order valence-corrected chi connectivity index (χ3v) is 5.26. The molecular formula is C19H24N2O4S. The summed E-state index contributed by atoms with van der Waals surface area (Å²) < 4.78 is 29.6. The van der Waals surface area contributed by atoms with Crippen molar-refractivity contribution in [2.75, 3.05) is 19.9 Å². The number of benzene rings is 2. The summed E-state index contributed by atoms with van der Waals surface area (Å²) in [4.78, 5) is 11.9. The highest BCUT2D eigenvalue weighted by Gasteiger charge is 2.11. The molecule has 0 aliphatic carbocycles. The molecular weight excluding hydrogens is 352 g/mol. The van der Waals surface area contributed by atoms with E-state index in [-0.39, 0.29) is 19.1 Å². The van der Waals surface area contributed by atoms with Crippen LogP contribution in [-0.2, 0) is 27.9 Å². The van der Waals surface area contributed by atoms with Crippen LogP contribution in [0.4, 0.5) is 0 Å². The summed E-state index contributed by atoms with van der Waals surface area (Å²) in [5.41, 5.74) is 3.04. The van der Waals surface area contributed by atoms with Gasteiger partial charge in [0.25, 0.3) is 5.91 Å². The van der Waals surface area contributed by atoms with Gasteiger partial charge in [-0.2, -0.15) is 0 Å². The van der Waals surface area contributed by atoms with Crippen LogP contribution >= 0.6 is 0 Å². The van der Waals surface area contributed by atoms with Crippen molar-refractivity contribution in [3.05, 3.63) is 65.2 Å². The first kappa shape index (κ1) is 19.9. The molecule has 1 N–H and O–H groups in total. The lowest BCUT2D eigenvalue weighted by molar-refractivity contribution is -0.123. The zero-order chi connectivity index (χ0) is 19.2. The van der Waals surface area contributed by atoms with E-state index < -0.39 is 10.0 Å². The molecule has 26 heavy (non-hydrogen) atoms. The van der Waals surface area contributed by atoms with E-state index in [0.717, 1.165) is 16.7 Å². The molecule has 0 aliphatic rings. The molecule has 2 aromatic rings. The number of nitrogens with one attached hydrogen (secondary N) is 1. The number of carbonyl (C=O) groups is 1. The first-order valence-corrected chi connectivity index (χ1v) is 10.0. The van der Waals surface area contributed by atoms with E-state index in [1.807, 2.05) is 31.2 Å². The molecule has 0 heterocycles. The van der Waals surface area contributed by atoms with Crippen molar-refractivity contribution in [1.82, 2.24) is 9.62 Å². The summed E-state index contributed by atoms with van der Waals surface area (Å²) in [6.45, 7) is 2.68. The number of hydrogen-bond donors (Lipinski definition) is 1. The topological polar surface area (TPSA) is 75.7 Å². The minimum absolute atomic E-state index is 0.0749. The highest BCUT2D eigenvalue weighted by molar-refractivity contribution is 7.88. The number of sulfonamides is 1. The Bertz CT molecular complexity index is 848. The van der Waals surface area contributed by atoms with Gasteiger partial charge in [-0.25, -0.2) is 12.7 Å². The second kappa shape index (κ2) is 8.82. The third kappa shape index (κ3) is 6.16. The van der Waals surface area contributed by atoms with Crippen LogP contribution in [0.1, 0.15) is 16.7 Å². The number of carbonyl (C=O) groups excluding carboxylic acids is 1. The van der Waals surface area contributed by atoms with E-state index in [0.29, 0.717) is 12.3 Å². The van der Waals surface area contributed by atoms with E-state index in [2.05, 4.69) is 5.32 Å². The normalized spacial score (nSPS) is 11.4. The van der Waals surface area contributed by atoms with Gasteiger partial charge in [-0.15, -0.1) is 0 Å². The Balaban J connectivity index is 1.80. The minimum Gasteiger partial charge on any atom is -0.484 e. The lowest BCUT2D eigenvalue weighted by Crippen LogP contribution is -2.28. The van der Waals surface area contributed by atoms with Gasteiger partial charge in [0.2, 0.25) is 10.0 Å². The average molecular weight is 376 g/mol. The quantitative estimate of drug-likeness (QED) is 0.765. The van der Waals surface area contributed by atoms with Crippen molar-refractivity contribution < 1.29 is 17.9 Å². The zero-order valence-corrected chi connectivity index (χ0v) is 16.0. The Morgan fingerprint density at radius 1 is 1.12 bits per heavy atom. The molecule has 6 nitrogen and oxygen atoms in total.